The molecule has 0 atom stereocenters. The highest BCUT2D eigenvalue weighted by Gasteiger charge is 2.35. The lowest BCUT2D eigenvalue weighted by molar-refractivity contribution is -0.127. The molecule has 1 heterocycles. The second-order valence-electron chi connectivity index (χ2n) is 7.92. The van der Waals surface area contributed by atoms with Gasteiger partial charge in [0.05, 0.1) is 0 Å². The molecule has 1 fully saturated rings. The Morgan fingerprint density at radius 1 is 1.03 bits per heavy atom. The van der Waals surface area contributed by atoms with E-state index in [1.807, 2.05) is 49.4 Å². The van der Waals surface area contributed by atoms with Crippen LogP contribution in [-0.2, 0) is 22.6 Å². The number of hydrogen-bond acceptors (Lipinski definition) is 4. The van der Waals surface area contributed by atoms with Crippen molar-refractivity contribution < 1.29 is 19.1 Å². The fourth-order valence-electron chi connectivity index (χ4n) is 3.57. The minimum absolute atomic E-state index is 0.115. The van der Waals surface area contributed by atoms with E-state index in [4.69, 9.17) is 4.74 Å². The Bertz CT molecular complexity index is 1270. The van der Waals surface area contributed by atoms with Gasteiger partial charge in [0.2, 0.25) is 5.91 Å². The van der Waals surface area contributed by atoms with E-state index in [0.717, 1.165) is 28.0 Å². The third kappa shape index (κ3) is 6.27. The predicted molar refractivity (Wildman–Crippen MR) is 143 cm³/mol. The van der Waals surface area contributed by atoms with Crippen molar-refractivity contribution in [1.29, 1.82) is 0 Å². The first-order valence-corrected chi connectivity index (χ1v) is 12.2. The molecule has 4 amide bonds. The van der Waals surface area contributed by atoms with Crippen LogP contribution in [0.3, 0.4) is 0 Å². The normalized spacial score (nSPS) is 14.2. The Labute approximate surface area is 217 Å². The summed E-state index contributed by atoms with van der Waals surface area (Å²) in [7, 11) is 0. The molecule has 0 unspecified atom stereocenters. The van der Waals surface area contributed by atoms with Gasteiger partial charge in [-0.2, -0.15) is 0 Å². The second-order valence-corrected chi connectivity index (χ2v) is 9.17. The maximum Gasteiger partial charge on any atom is 0.329 e. The largest absolute Gasteiger partial charge is 0.489 e. The molecule has 8 heteroatoms. The molecule has 0 saturated carbocycles. The third-order valence-corrected chi connectivity index (χ3v) is 6.17. The Hall–Kier alpha value is -3.66. The Kier molecular flexibility index (Phi) is 7.81. The van der Waals surface area contributed by atoms with Crippen molar-refractivity contribution in [3.63, 3.8) is 0 Å². The van der Waals surface area contributed by atoms with Crippen LogP contribution in [0.4, 0.5) is 10.5 Å². The molecule has 7 nitrogen and oxygen atoms in total. The van der Waals surface area contributed by atoms with Crippen LogP contribution in [0.5, 0.6) is 5.75 Å². The van der Waals surface area contributed by atoms with Gasteiger partial charge in [-0.1, -0.05) is 49.4 Å². The minimum atomic E-state index is -0.627. The Morgan fingerprint density at radius 2 is 1.74 bits per heavy atom. The number of aryl methyl sites for hydroxylation is 1. The summed E-state index contributed by atoms with van der Waals surface area (Å²) in [6, 6.07) is 22.1. The van der Waals surface area contributed by atoms with Crippen molar-refractivity contribution in [3.05, 3.63) is 98.8 Å². The summed E-state index contributed by atoms with van der Waals surface area (Å²) in [4.78, 5) is 38.5. The topological polar surface area (TPSA) is 87.7 Å². The van der Waals surface area contributed by atoms with Crippen LogP contribution in [0.2, 0.25) is 0 Å². The summed E-state index contributed by atoms with van der Waals surface area (Å²) in [5.41, 5.74) is 3.55. The standard InChI is InChI=1S/C27H24IN3O4/c1-2-20-5-3-4-6-23(20)29-25(32)16-31-26(33)24(30-27(31)34)15-18-9-13-22(14-10-18)35-17-19-7-11-21(28)12-8-19/h3-15H,2,16-17H2,1H3,(H,29,32)(H,30,34)/b24-15+. The van der Waals surface area contributed by atoms with Crippen LogP contribution in [0.25, 0.3) is 6.08 Å². The summed E-state index contributed by atoms with van der Waals surface area (Å²) < 4.78 is 6.97. The number of para-hydroxylation sites is 1. The van der Waals surface area contributed by atoms with E-state index in [9.17, 15) is 14.4 Å². The number of urea groups is 1. The second kappa shape index (κ2) is 11.2. The van der Waals surface area contributed by atoms with Crippen molar-refractivity contribution in [2.45, 2.75) is 20.0 Å². The van der Waals surface area contributed by atoms with Crippen LogP contribution in [0.15, 0.2) is 78.5 Å². The highest BCUT2D eigenvalue weighted by atomic mass is 127. The number of amides is 4. The van der Waals surface area contributed by atoms with Crippen molar-refractivity contribution in [2.24, 2.45) is 0 Å². The van der Waals surface area contributed by atoms with Crippen molar-refractivity contribution in [2.75, 3.05) is 11.9 Å². The number of carbonyl (C=O) groups is 3. The molecule has 0 aromatic heterocycles. The van der Waals surface area contributed by atoms with E-state index in [2.05, 4.69) is 33.2 Å². The van der Waals surface area contributed by atoms with Crippen molar-refractivity contribution in [1.82, 2.24) is 10.2 Å². The molecule has 3 aromatic rings. The number of hydrogen-bond donors (Lipinski definition) is 2. The third-order valence-electron chi connectivity index (χ3n) is 5.45. The van der Waals surface area contributed by atoms with Gasteiger partial charge in [-0.3, -0.25) is 9.59 Å². The number of nitrogens with one attached hydrogen (secondary N) is 2. The predicted octanol–water partition coefficient (Wildman–Crippen LogP) is 4.96. The van der Waals surface area contributed by atoms with E-state index >= 15 is 0 Å². The summed E-state index contributed by atoms with van der Waals surface area (Å²) in [6.07, 6.45) is 2.33. The number of nitrogens with zero attached hydrogens (tertiary/aromatic N) is 1. The van der Waals surface area contributed by atoms with Gasteiger partial charge >= 0.3 is 6.03 Å². The molecule has 1 aliphatic heterocycles. The lowest BCUT2D eigenvalue weighted by Gasteiger charge is -2.13. The van der Waals surface area contributed by atoms with E-state index < -0.39 is 17.8 Å². The summed E-state index contributed by atoms with van der Waals surface area (Å²) in [5.74, 6) is -0.295. The number of ether oxygens (including phenoxy) is 1. The quantitative estimate of drug-likeness (QED) is 0.224. The fourth-order valence-corrected chi connectivity index (χ4v) is 3.93. The SMILES string of the molecule is CCc1ccccc1NC(=O)CN1C(=O)N/C(=C/c2ccc(OCc3ccc(I)cc3)cc2)C1=O. The summed E-state index contributed by atoms with van der Waals surface area (Å²) >= 11 is 2.26. The number of halogens is 1. The maximum absolute atomic E-state index is 12.8. The highest BCUT2D eigenvalue weighted by Crippen LogP contribution is 2.19. The molecule has 178 valence electrons. The molecule has 0 aliphatic carbocycles. The lowest BCUT2D eigenvalue weighted by atomic mass is 10.1. The van der Waals surface area contributed by atoms with Gasteiger partial charge in [-0.25, -0.2) is 9.69 Å². The number of anilines is 1. The van der Waals surface area contributed by atoms with Gasteiger partial charge in [-0.15, -0.1) is 0 Å². The highest BCUT2D eigenvalue weighted by molar-refractivity contribution is 14.1. The molecule has 1 saturated heterocycles. The van der Waals surface area contributed by atoms with Crippen LogP contribution in [-0.4, -0.2) is 29.3 Å². The van der Waals surface area contributed by atoms with E-state index in [0.29, 0.717) is 18.0 Å². The zero-order valence-corrected chi connectivity index (χ0v) is 21.2. The minimum Gasteiger partial charge on any atom is -0.489 e. The molecule has 0 bridgehead atoms. The Balaban J connectivity index is 1.36. The number of benzene rings is 3. The number of carbonyl (C=O) groups excluding carboxylic acids is 3. The average Bonchev–Trinajstić information content (AvgIpc) is 3.12. The molecule has 1 aliphatic rings. The molecule has 35 heavy (non-hydrogen) atoms. The van der Waals surface area contributed by atoms with Gasteiger partial charge in [0.15, 0.2) is 0 Å². The van der Waals surface area contributed by atoms with Gasteiger partial charge in [0.25, 0.3) is 5.91 Å². The zero-order chi connectivity index (χ0) is 24.8. The molecule has 0 spiro atoms. The van der Waals surface area contributed by atoms with Crippen molar-refractivity contribution in [3.8, 4) is 5.75 Å². The molecular formula is C27H24IN3O4. The monoisotopic (exact) mass is 581 g/mol. The van der Waals surface area contributed by atoms with Crippen LogP contribution in [0.1, 0.15) is 23.6 Å². The van der Waals surface area contributed by atoms with Gasteiger partial charge < -0.3 is 15.4 Å². The van der Waals surface area contributed by atoms with E-state index in [1.54, 1.807) is 36.4 Å². The number of imide groups is 1. The van der Waals surface area contributed by atoms with E-state index in [-0.39, 0.29) is 12.2 Å². The average molecular weight is 581 g/mol. The summed E-state index contributed by atoms with van der Waals surface area (Å²) in [6.45, 7) is 2.07. The van der Waals surface area contributed by atoms with Crippen LogP contribution < -0.4 is 15.4 Å². The van der Waals surface area contributed by atoms with Crippen LogP contribution in [0, 0.1) is 3.57 Å². The molecule has 4 rings (SSSR count). The zero-order valence-electron chi connectivity index (χ0n) is 19.1. The first-order chi connectivity index (χ1) is 16.9. The first kappa shape index (κ1) is 24.5. The smallest absolute Gasteiger partial charge is 0.329 e. The lowest BCUT2D eigenvalue weighted by Crippen LogP contribution is -2.38. The number of rotatable bonds is 8. The van der Waals surface area contributed by atoms with Crippen LogP contribution >= 0.6 is 22.6 Å². The summed E-state index contributed by atoms with van der Waals surface area (Å²) in [5, 5.41) is 5.33. The molecule has 0 radical (unpaired) electrons. The maximum atomic E-state index is 12.8. The van der Waals surface area contributed by atoms with Gasteiger partial charge in [0.1, 0.15) is 24.6 Å². The van der Waals surface area contributed by atoms with Gasteiger partial charge in [-0.05, 0) is 82.1 Å². The van der Waals surface area contributed by atoms with E-state index in [1.165, 1.54) is 3.57 Å². The van der Waals surface area contributed by atoms with Gasteiger partial charge in [0, 0.05) is 9.26 Å². The van der Waals surface area contributed by atoms with Crippen molar-refractivity contribution >= 4 is 52.2 Å². The first-order valence-electron chi connectivity index (χ1n) is 11.1. The molecule has 2 N–H and O–H groups in total. The molecular weight excluding hydrogens is 557 g/mol. The Morgan fingerprint density at radius 3 is 2.46 bits per heavy atom. The molecule has 3 aromatic carbocycles. The fraction of sp³-hybridized carbons (Fsp3) is 0.148.